The van der Waals surface area contributed by atoms with E-state index in [9.17, 15) is 0 Å². The fourth-order valence-corrected chi connectivity index (χ4v) is 1.70. The molecular formula is C13H20O2. The molecule has 1 rings (SSSR count). The second-order valence-corrected chi connectivity index (χ2v) is 4.55. The van der Waals surface area contributed by atoms with Crippen LogP contribution in [-0.2, 0) is 9.47 Å². The number of ether oxygens (including phenoxy) is 2. The standard InChI is InChI=1S/C13H20O2/c1-6-10(13(3,4)5)12-11(7-2)14-8-9-15-12/h6-7H,2,8-9H2,1,3-5H3/b10-6+. The summed E-state index contributed by atoms with van der Waals surface area (Å²) < 4.78 is 11.2. The van der Waals surface area contributed by atoms with Crippen molar-refractivity contribution < 1.29 is 9.47 Å². The third-order valence-electron chi connectivity index (χ3n) is 2.34. The van der Waals surface area contributed by atoms with Crippen molar-refractivity contribution in [2.24, 2.45) is 5.41 Å². The minimum Gasteiger partial charge on any atom is -0.486 e. The number of hydrogen-bond acceptors (Lipinski definition) is 2. The van der Waals surface area contributed by atoms with E-state index in [1.54, 1.807) is 6.08 Å². The van der Waals surface area contributed by atoms with Gasteiger partial charge in [0.25, 0.3) is 0 Å². The lowest BCUT2D eigenvalue weighted by Gasteiger charge is -2.29. The molecule has 0 spiro atoms. The lowest BCUT2D eigenvalue weighted by atomic mass is 9.84. The molecule has 0 amide bonds. The van der Waals surface area contributed by atoms with E-state index in [0.717, 1.165) is 17.1 Å². The van der Waals surface area contributed by atoms with Crippen LogP contribution in [0.5, 0.6) is 0 Å². The predicted octanol–water partition coefficient (Wildman–Crippen LogP) is 3.42. The van der Waals surface area contributed by atoms with E-state index in [1.165, 1.54) is 0 Å². The lowest BCUT2D eigenvalue weighted by Crippen LogP contribution is -2.20. The summed E-state index contributed by atoms with van der Waals surface area (Å²) in [7, 11) is 0. The average molecular weight is 208 g/mol. The molecule has 0 aromatic rings. The Kier molecular flexibility index (Phi) is 3.61. The Balaban J connectivity index is 3.13. The maximum Gasteiger partial charge on any atom is 0.164 e. The number of rotatable bonds is 2. The van der Waals surface area contributed by atoms with Crippen LogP contribution >= 0.6 is 0 Å². The molecule has 0 fully saturated rings. The van der Waals surface area contributed by atoms with Crippen molar-refractivity contribution in [2.75, 3.05) is 13.2 Å². The maximum atomic E-state index is 5.68. The van der Waals surface area contributed by atoms with Gasteiger partial charge >= 0.3 is 0 Å². The summed E-state index contributed by atoms with van der Waals surface area (Å²) in [6.45, 7) is 13.5. The van der Waals surface area contributed by atoms with Crippen LogP contribution in [0.1, 0.15) is 27.7 Å². The fourth-order valence-electron chi connectivity index (χ4n) is 1.70. The molecule has 0 aromatic heterocycles. The first-order chi connectivity index (χ1) is 7.00. The zero-order chi connectivity index (χ0) is 11.5. The summed E-state index contributed by atoms with van der Waals surface area (Å²) in [6, 6.07) is 0. The summed E-state index contributed by atoms with van der Waals surface area (Å²) in [5.41, 5.74) is 1.22. The highest BCUT2D eigenvalue weighted by molar-refractivity contribution is 5.36. The molecule has 0 aliphatic carbocycles. The molecule has 0 saturated heterocycles. The summed E-state index contributed by atoms with van der Waals surface area (Å²) in [6.07, 6.45) is 3.79. The quantitative estimate of drug-likeness (QED) is 0.692. The van der Waals surface area contributed by atoms with Crippen molar-refractivity contribution >= 4 is 0 Å². The van der Waals surface area contributed by atoms with Crippen molar-refractivity contribution in [3.05, 3.63) is 35.8 Å². The number of hydrogen-bond donors (Lipinski definition) is 0. The van der Waals surface area contributed by atoms with Gasteiger partial charge in [-0.15, -0.1) is 0 Å². The summed E-state index contributed by atoms with van der Waals surface area (Å²) in [4.78, 5) is 0. The second kappa shape index (κ2) is 4.56. The average Bonchev–Trinajstić information content (AvgIpc) is 2.17. The number of allylic oxidation sites excluding steroid dienone is 3. The van der Waals surface area contributed by atoms with Crippen LogP contribution in [0.4, 0.5) is 0 Å². The molecule has 84 valence electrons. The van der Waals surface area contributed by atoms with Crippen LogP contribution in [0.15, 0.2) is 35.8 Å². The smallest absolute Gasteiger partial charge is 0.164 e. The summed E-state index contributed by atoms with van der Waals surface area (Å²) >= 11 is 0. The van der Waals surface area contributed by atoms with E-state index in [2.05, 4.69) is 33.4 Å². The first-order valence-electron chi connectivity index (χ1n) is 5.30. The monoisotopic (exact) mass is 208 g/mol. The summed E-state index contributed by atoms with van der Waals surface area (Å²) in [5, 5.41) is 0. The lowest BCUT2D eigenvalue weighted by molar-refractivity contribution is 0.0705. The Hall–Kier alpha value is -1.18. The van der Waals surface area contributed by atoms with Gasteiger partial charge in [-0.3, -0.25) is 0 Å². The highest BCUT2D eigenvalue weighted by atomic mass is 16.6. The molecule has 0 saturated carbocycles. The van der Waals surface area contributed by atoms with Crippen molar-refractivity contribution in [2.45, 2.75) is 27.7 Å². The van der Waals surface area contributed by atoms with Crippen LogP contribution in [0.2, 0.25) is 0 Å². The SMILES string of the molecule is C=CC1=C(/C(=C\C)C(C)(C)C)OCCO1. The van der Waals surface area contributed by atoms with Crippen LogP contribution in [0.25, 0.3) is 0 Å². The Morgan fingerprint density at radius 1 is 1.27 bits per heavy atom. The molecule has 1 heterocycles. The molecule has 1 aliphatic rings. The van der Waals surface area contributed by atoms with E-state index in [0.29, 0.717) is 13.2 Å². The van der Waals surface area contributed by atoms with Crippen LogP contribution in [-0.4, -0.2) is 13.2 Å². The van der Waals surface area contributed by atoms with E-state index in [4.69, 9.17) is 9.47 Å². The molecule has 2 heteroatoms. The predicted molar refractivity (Wildman–Crippen MR) is 62.3 cm³/mol. The first kappa shape index (κ1) is 11.9. The van der Waals surface area contributed by atoms with E-state index < -0.39 is 0 Å². The van der Waals surface area contributed by atoms with E-state index in [-0.39, 0.29) is 5.41 Å². The Labute approximate surface area is 92.3 Å². The molecule has 0 unspecified atom stereocenters. The Bertz CT molecular complexity index is 303. The normalized spacial score (nSPS) is 18.3. The van der Waals surface area contributed by atoms with Gasteiger partial charge in [0.15, 0.2) is 11.5 Å². The van der Waals surface area contributed by atoms with Crippen molar-refractivity contribution in [1.82, 2.24) is 0 Å². The van der Waals surface area contributed by atoms with Gasteiger partial charge in [0.05, 0.1) is 0 Å². The van der Waals surface area contributed by atoms with Crippen LogP contribution in [0, 0.1) is 5.41 Å². The van der Waals surface area contributed by atoms with Crippen molar-refractivity contribution in [1.29, 1.82) is 0 Å². The van der Waals surface area contributed by atoms with Gasteiger partial charge in [0.2, 0.25) is 0 Å². The van der Waals surface area contributed by atoms with Gasteiger partial charge in [-0.1, -0.05) is 33.4 Å². The topological polar surface area (TPSA) is 18.5 Å². The van der Waals surface area contributed by atoms with Gasteiger partial charge in [-0.25, -0.2) is 0 Å². The van der Waals surface area contributed by atoms with Crippen molar-refractivity contribution in [3.8, 4) is 0 Å². The van der Waals surface area contributed by atoms with Gasteiger partial charge in [0, 0.05) is 0 Å². The molecule has 0 atom stereocenters. The van der Waals surface area contributed by atoms with Gasteiger partial charge in [-0.2, -0.15) is 0 Å². The zero-order valence-corrected chi connectivity index (χ0v) is 10.1. The molecule has 15 heavy (non-hydrogen) atoms. The third kappa shape index (κ3) is 2.65. The third-order valence-corrected chi connectivity index (χ3v) is 2.34. The largest absolute Gasteiger partial charge is 0.486 e. The minimum absolute atomic E-state index is 0.0546. The first-order valence-corrected chi connectivity index (χ1v) is 5.30. The van der Waals surface area contributed by atoms with Crippen LogP contribution in [0.3, 0.4) is 0 Å². The van der Waals surface area contributed by atoms with E-state index in [1.807, 2.05) is 6.92 Å². The molecular weight excluding hydrogens is 188 g/mol. The Morgan fingerprint density at radius 2 is 1.87 bits per heavy atom. The minimum atomic E-state index is 0.0546. The highest BCUT2D eigenvalue weighted by Gasteiger charge is 2.25. The fraction of sp³-hybridized carbons (Fsp3) is 0.538. The molecule has 0 radical (unpaired) electrons. The van der Waals surface area contributed by atoms with Gasteiger partial charge in [-0.05, 0) is 24.0 Å². The highest BCUT2D eigenvalue weighted by Crippen LogP contribution is 2.34. The Morgan fingerprint density at radius 3 is 2.33 bits per heavy atom. The molecule has 0 aromatic carbocycles. The van der Waals surface area contributed by atoms with Gasteiger partial charge in [0.1, 0.15) is 13.2 Å². The van der Waals surface area contributed by atoms with E-state index >= 15 is 0 Å². The molecule has 0 N–H and O–H groups in total. The second-order valence-electron chi connectivity index (χ2n) is 4.55. The van der Waals surface area contributed by atoms with Gasteiger partial charge < -0.3 is 9.47 Å². The van der Waals surface area contributed by atoms with Crippen molar-refractivity contribution in [3.63, 3.8) is 0 Å². The maximum absolute atomic E-state index is 5.68. The van der Waals surface area contributed by atoms with Crippen LogP contribution < -0.4 is 0 Å². The summed E-state index contributed by atoms with van der Waals surface area (Å²) in [5.74, 6) is 1.59. The molecule has 0 bridgehead atoms. The molecule has 1 aliphatic heterocycles. The molecule has 2 nitrogen and oxygen atoms in total. The zero-order valence-electron chi connectivity index (χ0n) is 10.1.